The minimum Gasteiger partial charge on any atom is -0.480 e. The molecule has 6 heteroatoms. The van der Waals surface area contributed by atoms with Gasteiger partial charge < -0.3 is 10.4 Å². The lowest BCUT2D eigenvalue weighted by Crippen LogP contribution is -2.41. The molecule has 1 atom stereocenters. The number of aliphatic carboxylic acids is 1. The highest BCUT2D eigenvalue weighted by Crippen LogP contribution is 2.05. The van der Waals surface area contributed by atoms with E-state index in [4.69, 9.17) is 5.11 Å². The van der Waals surface area contributed by atoms with E-state index in [0.717, 1.165) is 12.1 Å². The second-order valence-corrected chi connectivity index (χ2v) is 4.15. The van der Waals surface area contributed by atoms with E-state index < -0.39 is 17.9 Å². The zero-order chi connectivity index (χ0) is 13.7. The van der Waals surface area contributed by atoms with Gasteiger partial charge in [-0.25, -0.2) is 4.79 Å². The molecule has 1 rings (SSSR count). The molecule has 0 spiro atoms. The van der Waals surface area contributed by atoms with Crippen molar-refractivity contribution in [1.82, 2.24) is 15.1 Å². The molecule has 0 unspecified atom stereocenters. The van der Waals surface area contributed by atoms with E-state index >= 15 is 0 Å². The van der Waals surface area contributed by atoms with Crippen molar-refractivity contribution < 1.29 is 14.7 Å². The molecule has 0 radical (unpaired) electrons. The number of amides is 1. The highest BCUT2D eigenvalue weighted by atomic mass is 16.4. The number of nitrogens with zero attached hydrogens (tertiary/aromatic N) is 2. The summed E-state index contributed by atoms with van der Waals surface area (Å²) in [4.78, 5) is 22.9. The number of carboxylic acid groups (broad SMARTS) is 1. The first kappa shape index (κ1) is 14.2. The number of carbonyl (C=O) groups excluding carboxylic acids is 1. The first-order valence-corrected chi connectivity index (χ1v) is 6.06. The Morgan fingerprint density at radius 2 is 2.17 bits per heavy atom. The molecule has 1 heterocycles. The Morgan fingerprint density at radius 3 is 2.61 bits per heavy atom. The molecule has 0 aliphatic carbocycles. The zero-order valence-electron chi connectivity index (χ0n) is 10.9. The van der Waals surface area contributed by atoms with Crippen molar-refractivity contribution >= 4 is 11.9 Å². The maximum atomic E-state index is 11.9. The molecule has 1 amide bonds. The standard InChI is InChI=1S/C12H19N3O3/c1-4-6-9(12(17)18)13-11(16)10-7-8(5-2)14-15(10)3/h7,9H,4-6H2,1-3H3,(H,13,16)(H,17,18)/t9-/m1/s1. The predicted octanol–water partition coefficient (Wildman–Crippen LogP) is 0.966. The van der Waals surface area contributed by atoms with Gasteiger partial charge in [0.05, 0.1) is 5.69 Å². The fraction of sp³-hybridized carbons (Fsp3) is 0.583. The maximum absolute atomic E-state index is 11.9. The van der Waals surface area contributed by atoms with E-state index in [-0.39, 0.29) is 0 Å². The molecule has 0 saturated carbocycles. The Hall–Kier alpha value is -1.85. The van der Waals surface area contributed by atoms with Crippen molar-refractivity contribution in [3.8, 4) is 0 Å². The highest BCUT2D eigenvalue weighted by Gasteiger charge is 2.21. The van der Waals surface area contributed by atoms with Crippen LogP contribution in [0.3, 0.4) is 0 Å². The van der Waals surface area contributed by atoms with Crippen LogP contribution >= 0.6 is 0 Å². The third kappa shape index (κ3) is 3.32. The lowest BCUT2D eigenvalue weighted by molar-refractivity contribution is -0.139. The van der Waals surface area contributed by atoms with Gasteiger partial charge in [-0.15, -0.1) is 0 Å². The van der Waals surface area contributed by atoms with Crippen LogP contribution in [0.2, 0.25) is 0 Å². The van der Waals surface area contributed by atoms with Crippen molar-refractivity contribution in [2.45, 2.75) is 39.2 Å². The van der Waals surface area contributed by atoms with Crippen LogP contribution < -0.4 is 5.32 Å². The first-order chi connectivity index (χ1) is 8.49. The van der Waals surface area contributed by atoms with Gasteiger partial charge in [0.2, 0.25) is 0 Å². The summed E-state index contributed by atoms with van der Waals surface area (Å²) in [5.41, 5.74) is 1.19. The van der Waals surface area contributed by atoms with Crippen LogP contribution in [0.4, 0.5) is 0 Å². The van der Waals surface area contributed by atoms with Crippen molar-refractivity contribution in [2.75, 3.05) is 0 Å². The van der Waals surface area contributed by atoms with E-state index in [1.807, 2.05) is 13.8 Å². The van der Waals surface area contributed by atoms with E-state index in [2.05, 4.69) is 10.4 Å². The number of rotatable bonds is 6. The van der Waals surface area contributed by atoms with Crippen molar-refractivity contribution in [3.63, 3.8) is 0 Å². The Labute approximate surface area is 106 Å². The quantitative estimate of drug-likeness (QED) is 0.791. The lowest BCUT2D eigenvalue weighted by Gasteiger charge is -2.13. The fourth-order valence-electron chi connectivity index (χ4n) is 1.69. The Morgan fingerprint density at radius 1 is 1.50 bits per heavy atom. The third-order valence-corrected chi connectivity index (χ3v) is 2.71. The van der Waals surface area contributed by atoms with Crippen LogP contribution in [0.25, 0.3) is 0 Å². The molecule has 18 heavy (non-hydrogen) atoms. The molecule has 0 bridgehead atoms. The summed E-state index contributed by atoms with van der Waals surface area (Å²) in [5, 5.41) is 15.7. The van der Waals surface area contributed by atoms with Crippen LogP contribution in [-0.2, 0) is 18.3 Å². The van der Waals surface area contributed by atoms with Gasteiger partial charge in [0.15, 0.2) is 0 Å². The maximum Gasteiger partial charge on any atom is 0.326 e. The lowest BCUT2D eigenvalue weighted by atomic mass is 10.1. The second-order valence-electron chi connectivity index (χ2n) is 4.15. The van der Waals surface area contributed by atoms with Crippen LogP contribution in [-0.4, -0.2) is 32.8 Å². The van der Waals surface area contributed by atoms with Crippen molar-refractivity contribution in [1.29, 1.82) is 0 Å². The summed E-state index contributed by atoms with van der Waals surface area (Å²) in [7, 11) is 1.67. The predicted molar refractivity (Wildman–Crippen MR) is 66.4 cm³/mol. The smallest absolute Gasteiger partial charge is 0.326 e. The van der Waals surface area contributed by atoms with Gasteiger partial charge in [-0.1, -0.05) is 20.3 Å². The molecule has 0 aliphatic rings. The minimum atomic E-state index is -1.01. The van der Waals surface area contributed by atoms with E-state index in [0.29, 0.717) is 18.5 Å². The van der Waals surface area contributed by atoms with Gasteiger partial charge in [0, 0.05) is 7.05 Å². The summed E-state index contributed by atoms with van der Waals surface area (Å²) in [6.07, 6.45) is 1.85. The zero-order valence-corrected chi connectivity index (χ0v) is 10.9. The van der Waals surface area contributed by atoms with Crippen LogP contribution in [0, 0.1) is 0 Å². The molecule has 1 aromatic rings. The number of hydrogen-bond donors (Lipinski definition) is 2. The Balaban J connectivity index is 2.79. The Bertz CT molecular complexity index is 440. The minimum absolute atomic E-state index is 0.384. The molecule has 0 fully saturated rings. The molecule has 0 aliphatic heterocycles. The molecule has 6 nitrogen and oxygen atoms in total. The number of nitrogens with one attached hydrogen (secondary N) is 1. The first-order valence-electron chi connectivity index (χ1n) is 6.06. The molecule has 0 aromatic carbocycles. The summed E-state index contributed by atoms with van der Waals surface area (Å²) in [5.74, 6) is -1.41. The molecule has 1 aromatic heterocycles. The topological polar surface area (TPSA) is 84.2 Å². The van der Waals surface area contributed by atoms with Gasteiger partial charge >= 0.3 is 5.97 Å². The average Bonchev–Trinajstić information content (AvgIpc) is 2.69. The molecule has 100 valence electrons. The highest BCUT2D eigenvalue weighted by molar-refractivity contribution is 5.95. The number of aryl methyl sites for hydroxylation is 2. The molecular weight excluding hydrogens is 234 g/mol. The molecule has 2 N–H and O–H groups in total. The summed E-state index contributed by atoms with van der Waals surface area (Å²) < 4.78 is 1.47. The van der Waals surface area contributed by atoms with Crippen LogP contribution in [0.5, 0.6) is 0 Å². The SMILES string of the molecule is CCC[C@@H](NC(=O)c1cc(CC)nn1C)C(=O)O. The average molecular weight is 253 g/mol. The van der Waals surface area contributed by atoms with Gasteiger partial charge in [-0.05, 0) is 18.9 Å². The normalized spacial score (nSPS) is 12.2. The summed E-state index contributed by atoms with van der Waals surface area (Å²) in [6, 6.07) is 0.836. The fourth-order valence-corrected chi connectivity index (χ4v) is 1.69. The number of aromatic nitrogens is 2. The molecular formula is C12H19N3O3. The van der Waals surface area contributed by atoms with Crippen molar-refractivity contribution in [2.24, 2.45) is 7.05 Å². The third-order valence-electron chi connectivity index (χ3n) is 2.71. The van der Waals surface area contributed by atoms with E-state index in [1.54, 1.807) is 13.1 Å². The van der Waals surface area contributed by atoms with Gasteiger partial charge in [-0.3, -0.25) is 9.48 Å². The summed E-state index contributed by atoms with van der Waals surface area (Å²) >= 11 is 0. The largest absolute Gasteiger partial charge is 0.480 e. The molecule has 0 saturated heterocycles. The van der Waals surface area contributed by atoms with E-state index in [1.165, 1.54) is 4.68 Å². The van der Waals surface area contributed by atoms with E-state index in [9.17, 15) is 9.59 Å². The van der Waals surface area contributed by atoms with Gasteiger partial charge in [0.1, 0.15) is 11.7 Å². The monoisotopic (exact) mass is 253 g/mol. The second kappa shape index (κ2) is 6.18. The van der Waals surface area contributed by atoms with Crippen molar-refractivity contribution in [3.05, 3.63) is 17.5 Å². The van der Waals surface area contributed by atoms with Crippen LogP contribution in [0.15, 0.2) is 6.07 Å². The number of carbonyl (C=O) groups is 2. The van der Waals surface area contributed by atoms with Gasteiger partial charge in [-0.2, -0.15) is 5.10 Å². The summed E-state index contributed by atoms with van der Waals surface area (Å²) in [6.45, 7) is 3.82. The number of hydrogen-bond acceptors (Lipinski definition) is 3. The van der Waals surface area contributed by atoms with Gasteiger partial charge in [0.25, 0.3) is 5.91 Å². The number of carboxylic acids is 1. The Kier molecular flexibility index (Phi) is 4.88. The van der Waals surface area contributed by atoms with Crippen LogP contribution in [0.1, 0.15) is 42.9 Å².